The van der Waals surface area contributed by atoms with E-state index >= 15 is 0 Å². The zero-order valence-corrected chi connectivity index (χ0v) is 23.5. The summed E-state index contributed by atoms with van der Waals surface area (Å²) in [6.45, 7) is 3.93. The second-order valence-electron chi connectivity index (χ2n) is 9.28. The second-order valence-corrected chi connectivity index (χ2v) is 10.6. The largest absolute Gasteiger partial charge is 0.325 e. The van der Waals surface area contributed by atoms with Crippen molar-refractivity contribution in [2.45, 2.75) is 30.4 Å². The van der Waals surface area contributed by atoms with Crippen LogP contribution in [0.5, 0.6) is 0 Å². The molecule has 4 aromatic carbocycles. The van der Waals surface area contributed by atoms with Crippen LogP contribution in [0, 0.1) is 12.7 Å². The van der Waals surface area contributed by atoms with Gasteiger partial charge in [-0.15, -0.1) is 11.8 Å². The predicted octanol–water partition coefficient (Wildman–Crippen LogP) is 7.05. The van der Waals surface area contributed by atoms with Crippen LogP contribution in [0.15, 0.2) is 114 Å². The van der Waals surface area contributed by atoms with Crippen LogP contribution in [0.3, 0.4) is 0 Å². The van der Waals surface area contributed by atoms with E-state index in [1.807, 2.05) is 44.2 Å². The predicted molar refractivity (Wildman–Crippen MR) is 163 cm³/mol. The summed E-state index contributed by atoms with van der Waals surface area (Å²) in [7, 11) is 0. The standard InChI is InChI=1S/C33H30FN3O3S/c1-3-30(33(40)35-26-18-12-22(2)13-19-26)41-28-11-7-10-27(21-28)36-32(39)29(20-23-14-16-25(34)17-15-23)37-31(38)24-8-5-4-6-9-24/h4-21,30H,3H2,1-2H3,(H,35,40)(H,36,39)(H,37,38)/b29-20-. The van der Waals surface area contributed by atoms with Gasteiger partial charge in [0.15, 0.2) is 0 Å². The second kappa shape index (κ2) is 14.1. The van der Waals surface area contributed by atoms with Crippen molar-refractivity contribution in [2.24, 2.45) is 0 Å². The van der Waals surface area contributed by atoms with Gasteiger partial charge in [0.25, 0.3) is 11.8 Å². The number of benzene rings is 4. The molecule has 1 unspecified atom stereocenters. The van der Waals surface area contributed by atoms with Crippen LogP contribution < -0.4 is 16.0 Å². The minimum atomic E-state index is -0.551. The summed E-state index contributed by atoms with van der Waals surface area (Å²) >= 11 is 1.40. The van der Waals surface area contributed by atoms with Gasteiger partial charge in [-0.2, -0.15) is 0 Å². The van der Waals surface area contributed by atoms with E-state index < -0.39 is 17.6 Å². The minimum absolute atomic E-state index is 0.00701. The van der Waals surface area contributed by atoms with E-state index in [2.05, 4.69) is 16.0 Å². The Labute approximate surface area is 243 Å². The molecule has 0 aliphatic carbocycles. The van der Waals surface area contributed by atoms with E-state index in [9.17, 15) is 18.8 Å². The van der Waals surface area contributed by atoms with Crippen LogP contribution in [-0.4, -0.2) is 23.0 Å². The molecule has 208 valence electrons. The van der Waals surface area contributed by atoms with Gasteiger partial charge in [0.05, 0.1) is 5.25 Å². The highest BCUT2D eigenvalue weighted by molar-refractivity contribution is 8.00. The Kier molecular flexibility index (Phi) is 10.1. The summed E-state index contributed by atoms with van der Waals surface area (Å²) in [5.41, 5.74) is 3.26. The Balaban J connectivity index is 1.49. The van der Waals surface area contributed by atoms with Crippen LogP contribution in [0.1, 0.15) is 34.8 Å². The number of halogens is 1. The lowest BCUT2D eigenvalue weighted by molar-refractivity contribution is -0.116. The fourth-order valence-electron chi connectivity index (χ4n) is 3.86. The molecule has 0 aromatic heterocycles. The molecule has 0 aliphatic heterocycles. The van der Waals surface area contributed by atoms with E-state index in [-0.39, 0.29) is 16.9 Å². The number of thioether (sulfide) groups is 1. The number of carbonyl (C=O) groups is 3. The van der Waals surface area contributed by atoms with Gasteiger partial charge in [-0.3, -0.25) is 14.4 Å². The minimum Gasteiger partial charge on any atom is -0.325 e. The third kappa shape index (κ3) is 8.65. The molecule has 4 aromatic rings. The first-order valence-electron chi connectivity index (χ1n) is 13.1. The van der Waals surface area contributed by atoms with Crippen LogP contribution in [0.4, 0.5) is 15.8 Å². The van der Waals surface area contributed by atoms with E-state index in [4.69, 9.17) is 0 Å². The monoisotopic (exact) mass is 567 g/mol. The van der Waals surface area contributed by atoms with Crippen molar-refractivity contribution < 1.29 is 18.8 Å². The molecule has 0 radical (unpaired) electrons. The van der Waals surface area contributed by atoms with Crippen molar-refractivity contribution in [3.05, 3.63) is 131 Å². The summed E-state index contributed by atoms with van der Waals surface area (Å²) in [5.74, 6) is -1.52. The molecule has 0 spiro atoms. The number of rotatable bonds is 10. The molecule has 4 rings (SSSR count). The average Bonchev–Trinajstić information content (AvgIpc) is 2.98. The fourth-order valence-corrected chi connectivity index (χ4v) is 4.87. The van der Waals surface area contributed by atoms with Crippen molar-refractivity contribution >= 4 is 46.9 Å². The van der Waals surface area contributed by atoms with Crippen molar-refractivity contribution in [3.63, 3.8) is 0 Å². The molecule has 0 saturated heterocycles. The van der Waals surface area contributed by atoms with Gasteiger partial charge < -0.3 is 16.0 Å². The molecule has 1 atom stereocenters. The molecule has 6 nitrogen and oxygen atoms in total. The molecular formula is C33H30FN3O3S. The fraction of sp³-hybridized carbons (Fsp3) is 0.121. The van der Waals surface area contributed by atoms with E-state index in [0.29, 0.717) is 23.2 Å². The van der Waals surface area contributed by atoms with Crippen LogP contribution in [0.2, 0.25) is 0 Å². The maximum Gasteiger partial charge on any atom is 0.272 e. The molecule has 8 heteroatoms. The molecule has 0 saturated carbocycles. The lowest BCUT2D eigenvalue weighted by Crippen LogP contribution is -2.30. The van der Waals surface area contributed by atoms with Gasteiger partial charge >= 0.3 is 0 Å². The number of anilines is 2. The van der Waals surface area contributed by atoms with E-state index in [1.54, 1.807) is 48.5 Å². The van der Waals surface area contributed by atoms with Gasteiger partial charge in [0.2, 0.25) is 5.91 Å². The first kappa shape index (κ1) is 29.3. The van der Waals surface area contributed by atoms with Crippen LogP contribution in [-0.2, 0) is 9.59 Å². The van der Waals surface area contributed by atoms with E-state index in [1.165, 1.54) is 42.1 Å². The summed E-state index contributed by atoms with van der Waals surface area (Å²) < 4.78 is 13.4. The zero-order chi connectivity index (χ0) is 29.2. The quantitative estimate of drug-likeness (QED) is 0.142. The number of aryl methyl sites for hydroxylation is 1. The van der Waals surface area contributed by atoms with Gasteiger partial charge in [-0.05, 0) is 79.6 Å². The molecule has 3 amide bonds. The van der Waals surface area contributed by atoms with Crippen molar-refractivity contribution in [1.82, 2.24) is 5.32 Å². The summed E-state index contributed by atoms with van der Waals surface area (Å²) in [6.07, 6.45) is 2.09. The lowest BCUT2D eigenvalue weighted by atomic mass is 10.1. The first-order valence-corrected chi connectivity index (χ1v) is 14.0. The molecule has 41 heavy (non-hydrogen) atoms. The highest BCUT2D eigenvalue weighted by Gasteiger charge is 2.19. The normalized spacial score (nSPS) is 11.8. The molecule has 0 aliphatic rings. The third-order valence-electron chi connectivity index (χ3n) is 6.06. The van der Waals surface area contributed by atoms with Gasteiger partial charge in [0.1, 0.15) is 11.5 Å². The summed E-state index contributed by atoms with van der Waals surface area (Å²) in [6, 6.07) is 28.9. The SMILES string of the molecule is CCC(Sc1cccc(NC(=O)/C(=C/c2ccc(F)cc2)NC(=O)c2ccccc2)c1)C(=O)Nc1ccc(C)cc1. The Hall–Kier alpha value is -4.69. The molecular weight excluding hydrogens is 537 g/mol. The summed E-state index contributed by atoms with van der Waals surface area (Å²) in [5, 5.41) is 8.11. The topological polar surface area (TPSA) is 87.3 Å². The lowest BCUT2D eigenvalue weighted by Gasteiger charge is -2.16. The van der Waals surface area contributed by atoms with Crippen LogP contribution in [0.25, 0.3) is 6.08 Å². The molecule has 0 heterocycles. The van der Waals surface area contributed by atoms with E-state index in [0.717, 1.165) is 16.1 Å². The van der Waals surface area contributed by atoms with Gasteiger partial charge in [-0.25, -0.2) is 4.39 Å². The Morgan fingerprint density at radius 3 is 2.22 bits per heavy atom. The molecule has 3 N–H and O–H groups in total. The Morgan fingerprint density at radius 1 is 0.829 bits per heavy atom. The number of hydrogen-bond donors (Lipinski definition) is 3. The van der Waals surface area contributed by atoms with Crippen molar-refractivity contribution in [3.8, 4) is 0 Å². The third-order valence-corrected chi connectivity index (χ3v) is 7.42. The van der Waals surface area contributed by atoms with Crippen molar-refractivity contribution in [2.75, 3.05) is 10.6 Å². The maximum absolute atomic E-state index is 13.4. The first-order chi connectivity index (χ1) is 19.8. The number of amides is 3. The Bertz CT molecular complexity index is 1540. The molecule has 0 fully saturated rings. The zero-order valence-electron chi connectivity index (χ0n) is 22.7. The highest BCUT2D eigenvalue weighted by atomic mass is 32.2. The highest BCUT2D eigenvalue weighted by Crippen LogP contribution is 2.29. The smallest absolute Gasteiger partial charge is 0.272 e. The number of carbonyl (C=O) groups excluding carboxylic acids is 3. The number of nitrogens with one attached hydrogen (secondary N) is 3. The maximum atomic E-state index is 13.4. The number of hydrogen-bond acceptors (Lipinski definition) is 4. The van der Waals surface area contributed by atoms with Crippen LogP contribution >= 0.6 is 11.8 Å². The molecule has 0 bridgehead atoms. The Morgan fingerprint density at radius 2 is 1.54 bits per heavy atom. The van der Waals surface area contributed by atoms with Gasteiger partial charge in [0, 0.05) is 21.8 Å². The van der Waals surface area contributed by atoms with Crippen molar-refractivity contribution in [1.29, 1.82) is 0 Å². The van der Waals surface area contributed by atoms with Gasteiger partial charge in [-0.1, -0.05) is 61.0 Å². The summed E-state index contributed by atoms with van der Waals surface area (Å²) in [4.78, 5) is 39.9. The average molecular weight is 568 g/mol.